The van der Waals surface area contributed by atoms with Gasteiger partial charge in [-0.2, -0.15) is 0 Å². The largest absolute Gasteiger partial charge is 0.494 e. The topological polar surface area (TPSA) is 44.1 Å². The molecule has 3 rings (SSSR count). The lowest BCUT2D eigenvalue weighted by Gasteiger charge is -2.04. The fourth-order valence-corrected chi connectivity index (χ4v) is 2.81. The fraction of sp³-hybridized carbons (Fsp3) is 0.200. The molecule has 3 aromatic rings. The molecule has 0 aliphatic rings. The molecular weight excluding hydrogens is 336 g/mol. The Bertz CT molecular complexity index is 856. The average molecular weight is 355 g/mol. The van der Waals surface area contributed by atoms with Crippen molar-refractivity contribution in [1.29, 1.82) is 0 Å². The summed E-state index contributed by atoms with van der Waals surface area (Å²) in [5.41, 5.74) is 2.50. The van der Waals surface area contributed by atoms with Gasteiger partial charge in [-0.3, -0.25) is 4.79 Å². The van der Waals surface area contributed by atoms with E-state index < -0.39 is 0 Å². The number of carbonyl (C=O) groups is 1. The van der Waals surface area contributed by atoms with Crippen LogP contribution in [0, 0.1) is 0 Å². The van der Waals surface area contributed by atoms with Crippen LogP contribution in [0.25, 0.3) is 0 Å². The normalized spacial score (nSPS) is 10.6. The van der Waals surface area contributed by atoms with Crippen LogP contribution in [0.2, 0.25) is 5.02 Å². The molecule has 1 heterocycles. The van der Waals surface area contributed by atoms with E-state index in [-0.39, 0.29) is 12.2 Å². The van der Waals surface area contributed by atoms with Crippen LogP contribution in [0.3, 0.4) is 0 Å². The number of hydrogen-bond acceptors (Lipinski definition) is 3. The van der Waals surface area contributed by atoms with Crippen molar-refractivity contribution in [1.82, 2.24) is 9.55 Å². The first kappa shape index (κ1) is 17.2. The van der Waals surface area contributed by atoms with Gasteiger partial charge >= 0.3 is 0 Å². The third-order valence-electron chi connectivity index (χ3n) is 3.77. The Labute approximate surface area is 152 Å². The first-order chi connectivity index (χ1) is 12.1. The summed E-state index contributed by atoms with van der Waals surface area (Å²) < 4.78 is 7.34. The number of benzene rings is 2. The molecule has 0 atom stereocenters. The predicted molar refractivity (Wildman–Crippen MR) is 98.4 cm³/mol. The Kier molecular flexibility index (Phi) is 5.51. The van der Waals surface area contributed by atoms with E-state index >= 15 is 0 Å². The van der Waals surface area contributed by atoms with E-state index in [2.05, 4.69) is 4.98 Å². The molecule has 128 valence electrons. The van der Waals surface area contributed by atoms with Gasteiger partial charge in [0.05, 0.1) is 25.0 Å². The van der Waals surface area contributed by atoms with Gasteiger partial charge in [0.2, 0.25) is 0 Å². The van der Waals surface area contributed by atoms with Gasteiger partial charge in [-0.15, -0.1) is 0 Å². The van der Waals surface area contributed by atoms with Crippen molar-refractivity contribution in [2.24, 2.45) is 0 Å². The molecule has 25 heavy (non-hydrogen) atoms. The first-order valence-corrected chi connectivity index (χ1v) is 8.53. The van der Waals surface area contributed by atoms with E-state index in [1.54, 1.807) is 18.5 Å². The first-order valence-electron chi connectivity index (χ1n) is 8.15. The summed E-state index contributed by atoms with van der Waals surface area (Å²) >= 11 is 6.01. The highest BCUT2D eigenvalue weighted by atomic mass is 35.5. The smallest absolute Gasteiger partial charge is 0.168 e. The molecule has 0 bridgehead atoms. The highest BCUT2D eigenvalue weighted by Gasteiger charge is 2.10. The number of rotatable bonds is 7. The summed E-state index contributed by atoms with van der Waals surface area (Å²) in [6, 6.07) is 14.9. The third kappa shape index (κ3) is 4.70. The average Bonchev–Trinajstić information content (AvgIpc) is 3.02. The van der Waals surface area contributed by atoms with Gasteiger partial charge in [0.25, 0.3) is 0 Å². The van der Waals surface area contributed by atoms with E-state index in [4.69, 9.17) is 16.3 Å². The van der Waals surface area contributed by atoms with Crippen LogP contribution in [0.4, 0.5) is 0 Å². The number of ether oxygens (including phenoxy) is 1. The molecule has 2 aromatic carbocycles. The maximum absolute atomic E-state index is 12.4. The Morgan fingerprint density at radius 3 is 2.72 bits per heavy atom. The van der Waals surface area contributed by atoms with Crippen LogP contribution >= 0.6 is 11.6 Å². The second-order valence-electron chi connectivity index (χ2n) is 5.72. The number of nitrogens with zero attached hydrogens (tertiary/aromatic N) is 2. The van der Waals surface area contributed by atoms with Gasteiger partial charge < -0.3 is 9.30 Å². The highest BCUT2D eigenvalue weighted by molar-refractivity contribution is 6.30. The van der Waals surface area contributed by atoms with Gasteiger partial charge in [0.1, 0.15) is 5.75 Å². The number of hydrogen-bond donors (Lipinski definition) is 0. The van der Waals surface area contributed by atoms with Crippen molar-refractivity contribution < 1.29 is 9.53 Å². The van der Waals surface area contributed by atoms with E-state index in [1.807, 2.05) is 54.1 Å². The maximum atomic E-state index is 12.4. The van der Waals surface area contributed by atoms with E-state index in [0.717, 1.165) is 17.0 Å². The molecule has 0 unspecified atom stereocenters. The molecule has 0 aliphatic carbocycles. The minimum atomic E-state index is 0.0380. The van der Waals surface area contributed by atoms with Crippen molar-refractivity contribution in [2.45, 2.75) is 19.9 Å². The molecule has 1 aromatic heterocycles. The summed E-state index contributed by atoms with van der Waals surface area (Å²) in [7, 11) is 0. The van der Waals surface area contributed by atoms with Gasteiger partial charge in [0, 0.05) is 23.3 Å². The fourth-order valence-electron chi connectivity index (χ4n) is 2.60. The molecule has 5 heteroatoms. The van der Waals surface area contributed by atoms with E-state index in [0.29, 0.717) is 23.7 Å². The van der Waals surface area contributed by atoms with Crippen molar-refractivity contribution >= 4 is 17.4 Å². The SMILES string of the molecule is CCOc1ccc(C(=O)Cc2cn(Cc3cccc(Cl)c3)cn2)cc1. The van der Waals surface area contributed by atoms with Crippen molar-refractivity contribution in [2.75, 3.05) is 6.61 Å². The molecule has 4 nitrogen and oxygen atoms in total. The number of halogens is 1. The van der Waals surface area contributed by atoms with Crippen LogP contribution in [0.5, 0.6) is 5.75 Å². The minimum Gasteiger partial charge on any atom is -0.494 e. The number of ketones is 1. The molecule has 0 saturated carbocycles. The molecule has 0 spiro atoms. The highest BCUT2D eigenvalue weighted by Crippen LogP contribution is 2.15. The van der Waals surface area contributed by atoms with Crippen LogP contribution < -0.4 is 4.74 Å². The zero-order valence-electron chi connectivity index (χ0n) is 14.0. The van der Waals surface area contributed by atoms with Crippen LogP contribution in [-0.4, -0.2) is 21.9 Å². The number of imidazole rings is 1. The maximum Gasteiger partial charge on any atom is 0.168 e. The summed E-state index contributed by atoms with van der Waals surface area (Å²) in [5.74, 6) is 0.806. The molecule has 0 saturated heterocycles. The summed E-state index contributed by atoms with van der Waals surface area (Å²) in [4.78, 5) is 16.7. The Morgan fingerprint density at radius 2 is 2.00 bits per heavy atom. The lowest BCUT2D eigenvalue weighted by molar-refractivity contribution is 0.0992. The van der Waals surface area contributed by atoms with Gasteiger partial charge in [-0.05, 0) is 48.9 Å². The molecule has 0 aliphatic heterocycles. The minimum absolute atomic E-state index is 0.0380. The molecule has 0 amide bonds. The number of Topliss-reactive ketones (excluding diaryl/α,β-unsaturated/α-hetero) is 1. The van der Waals surface area contributed by atoms with Gasteiger partial charge in [-0.1, -0.05) is 23.7 Å². The molecule has 0 radical (unpaired) electrons. The zero-order chi connectivity index (χ0) is 17.6. The third-order valence-corrected chi connectivity index (χ3v) is 4.00. The van der Waals surface area contributed by atoms with Crippen molar-refractivity contribution in [3.8, 4) is 5.75 Å². The molecular formula is C20H19ClN2O2. The van der Waals surface area contributed by atoms with Crippen LogP contribution in [0.15, 0.2) is 61.1 Å². The van der Waals surface area contributed by atoms with Crippen molar-refractivity contribution in [3.63, 3.8) is 0 Å². The summed E-state index contributed by atoms with van der Waals surface area (Å²) in [6.45, 7) is 3.21. The van der Waals surface area contributed by atoms with E-state index in [1.165, 1.54) is 0 Å². The lowest BCUT2D eigenvalue weighted by Crippen LogP contribution is -2.04. The second kappa shape index (κ2) is 7.99. The summed E-state index contributed by atoms with van der Waals surface area (Å²) in [5, 5.41) is 0.712. The number of carbonyl (C=O) groups excluding carboxylic acids is 1. The lowest BCUT2D eigenvalue weighted by atomic mass is 10.1. The van der Waals surface area contributed by atoms with Crippen molar-refractivity contribution in [3.05, 3.63) is 82.9 Å². The van der Waals surface area contributed by atoms with Crippen LogP contribution in [-0.2, 0) is 13.0 Å². The van der Waals surface area contributed by atoms with E-state index in [9.17, 15) is 4.79 Å². The van der Waals surface area contributed by atoms with Gasteiger partial charge in [-0.25, -0.2) is 4.98 Å². The zero-order valence-corrected chi connectivity index (χ0v) is 14.7. The second-order valence-corrected chi connectivity index (χ2v) is 6.16. The standard InChI is InChI=1S/C20H19ClN2O2/c1-2-25-19-8-6-16(7-9-19)20(24)11-18-13-23(14-22-18)12-15-4-3-5-17(21)10-15/h3-10,13-14H,2,11-12H2,1H3. The van der Waals surface area contributed by atoms with Crippen LogP contribution in [0.1, 0.15) is 28.5 Å². The van der Waals surface area contributed by atoms with Gasteiger partial charge in [0.15, 0.2) is 5.78 Å². The molecule has 0 N–H and O–H groups in total. The monoisotopic (exact) mass is 354 g/mol. The predicted octanol–water partition coefficient (Wildman–Crippen LogP) is 4.41. The Balaban J connectivity index is 1.63. The number of aromatic nitrogens is 2. The Morgan fingerprint density at radius 1 is 1.20 bits per heavy atom. The molecule has 0 fully saturated rings. The quantitative estimate of drug-likeness (QED) is 0.590. The summed E-state index contributed by atoms with van der Waals surface area (Å²) in [6.07, 6.45) is 3.91. The Hall–Kier alpha value is -2.59.